The summed E-state index contributed by atoms with van der Waals surface area (Å²) < 4.78 is 0. The fourth-order valence-corrected chi connectivity index (χ4v) is 4.33. The maximum absolute atomic E-state index is 4.46. The van der Waals surface area contributed by atoms with Gasteiger partial charge in [-0.25, -0.2) is 9.97 Å². The van der Waals surface area contributed by atoms with Crippen LogP contribution >= 0.6 is 11.3 Å². The highest BCUT2D eigenvalue weighted by molar-refractivity contribution is 7.18. The van der Waals surface area contributed by atoms with Gasteiger partial charge in [-0.2, -0.15) is 0 Å². The predicted molar refractivity (Wildman–Crippen MR) is 91.1 cm³/mol. The second-order valence-corrected chi connectivity index (χ2v) is 7.73. The Hall–Kier alpha value is -1.16. The zero-order valence-electron chi connectivity index (χ0n) is 13.3. The van der Waals surface area contributed by atoms with Gasteiger partial charge in [0.25, 0.3) is 0 Å². The van der Waals surface area contributed by atoms with E-state index in [-0.39, 0.29) is 0 Å². The van der Waals surface area contributed by atoms with Gasteiger partial charge in [0.05, 0.1) is 5.39 Å². The van der Waals surface area contributed by atoms with Crippen LogP contribution in [0.5, 0.6) is 0 Å². The molecule has 3 nitrogen and oxygen atoms in total. The highest BCUT2D eigenvalue weighted by Crippen LogP contribution is 2.33. The van der Waals surface area contributed by atoms with E-state index in [1.165, 1.54) is 47.9 Å². The van der Waals surface area contributed by atoms with Crippen molar-refractivity contribution in [2.45, 2.75) is 52.9 Å². The average molecular weight is 303 g/mol. The van der Waals surface area contributed by atoms with Crippen LogP contribution in [0.25, 0.3) is 10.2 Å². The van der Waals surface area contributed by atoms with E-state index in [0.29, 0.717) is 0 Å². The molecule has 1 N–H and O–H groups in total. The first-order chi connectivity index (χ1) is 10.1. The average Bonchev–Trinajstić information content (AvgIpc) is 2.77. The minimum absolute atomic E-state index is 0.899. The number of thiophene rings is 1. The Morgan fingerprint density at radius 3 is 2.71 bits per heavy atom. The first-order valence-corrected chi connectivity index (χ1v) is 8.91. The second kappa shape index (κ2) is 6.30. The van der Waals surface area contributed by atoms with Gasteiger partial charge >= 0.3 is 0 Å². The van der Waals surface area contributed by atoms with Crippen molar-refractivity contribution in [2.24, 2.45) is 11.8 Å². The van der Waals surface area contributed by atoms with E-state index >= 15 is 0 Å². The van der Waals surface area contributed by atoms with Gasteiger partial charge in [0.15, 0.2) is 0 Å². The molecule has 2 aromatic rings. The molecule has 21 heavy (non-hydrogen) atoms. The number of aryl methyl sites for hydroxylation is 2. The van der Waals surface area contributed by atoms with Crippen molar-refractivity contribution in [3.05, 3.63) is 16.8 Å². The van der Waals surface area contributed by atoms with Gasteiger partial charge in [-0.3, -0.25) is 0 Å². The fourth-order valence-electron chi connectivity index (χ4n) is 3.33. The smallest absolute Gasteiger partial charge is 0.138 e. The van der Waals surface area contributed by atoms with E-state index in [9.17, 15) is 0 Å². The predicted octanol–water partition coefficient (Wildman–Crippen LogP) is 4.94. The van der Waals surface area contributed by atoms with Crippen LogP contribution in [0.1, 0.15) is 49.5 Å². The zero-order chi connectivity index (χ0) is 14.8. The van der Waals surface area contributed by atoms with Crippen molar-refractivity contribution in [1.29, 1.82) is 0 Å². The molecule has 3 rings (SSSR count). The molecule has 0 bridgehead atoms. The molecule has 1 aliphatic carbocycles. The Morgan fingerprint density at radius 1 is 1.19 bits per heavy atom. The summed E-state index contributed by atoms with van der Waals surface area (Å²) in [6, 6.07) is 0. The summed E-state index contributed by atoms with van der Waals surface area (Å²) in [5.41, 5.74) is 1.32. The normalized spacial score (nSPS) is 22.6. The highest BCUT2D eigenvalue weighted by atomic mass is 32.1. The molecule has 2 heterocycles. The molecule has 0 unspecified atom stereocenters. The monoisotopic (exact) mass is 303 g/mol. The summed E-state index contributed by atoms with van der Waals surface area (Å²) in [7, 11) is 0. The largest absolute Gasteiger partial charge is 0.369 e. The summed E-state index contributed by atoms with van der Waals surface area (Å²) in [6.45, 7) is 7.74. The van der Waals surface area contributed by atoms with Gasteiger partial charge in [0, 0.05) is 11.4 Å². The highest BCUT2D eigenvalue weighted by Gasteiger charge is 2.18. The van der Waals surface area contributed by atoms with Crippen molar-refractivity contribution in [3.63, 3.8) is 0 Å². The molecule has 0 spiro atoms. The number of anilines is 1. The lowest BCUT2D eigenvalue weighted by Gasteiger charge is -2.26. The summed E-state index contributed by atoms with van der Waals surface area (Å²) in [5.74, 6) is 2.86. The Kier molecular flexibility index (Phi) is 4.43. The quantitative estimate of drug-likeness (QED) is 0.869. The van der Waals surface area contributed by atoms with Crippen LogP contribution in [0.4, 0.5) is 5.82 Å². The molecule has 0 radical (unpaired) electrons. The first-order valence-electron chi connectivity index (χ1n) is 8.09. The van der Waals surface area contributed by atoms with Gasteiger partial charge in [0.2, 0.25) is 0 Å². The molecule has 4 heteroatoms. The van der Waals surface area contributed by atoms with Gasteiger partial charge in [-0.1, -0.05) is 32.6 Å². The van der Waals surface area contributed by atoms with Crippen LogP contribution in [-0.2, 0) is 0 Å². The summed E-state index contributed by atoms with van der Waals surface area (Å²) >= 11 is 1.76. The Bertz CT molecular complexity index is 612. The van der Waals surface area contributed by atoms with Crippen molar-refractivity contribution in [2.75, 3.05) is 11.9 Å². The fraction of sp³-hybridized carbons (Fsp3) is 0.647. The third-order valence-corrected chi connectivity index (χ3v) is 6.06. The SMILES string of the molecule is Cc1sc2ncnc(NCCC3CCC(C)CC3)c2c1C. The Morgan fingerprint density at radius 2 is 1.95 bits per heavy atom. The third-order valence-electron chi connectivity index (χ3n) is 4.95. The topological polar surface area (TPSA) is 37.8 Å². The Labute approximate surface area is 131 Å². The van der Waals surface area contributed by atoms with Crippen LogP contribution in [-0.4, -0.2) is 16.5 Å². The number of fused-ring (bicyclic) bond motifs is 1. The lowest BCUT2D eigenvalue weighted by Crippen LogP contribution is -2.16. The van der Waals surface area contributed by atoms with Crippen LogP contribution in [0.3, 0.4) is 0 Å². The lowest BCUT2D eigenvalue weighted by molar-refractivity contribution is 0.282. The molecule has 114 valence electrons. The number of hydrogen-bond donors (Lipinski definition) is 1. The number of rotatable bonds is 4. The third kappa shape index (κ3) is 3.20. The van der Waals surface area contributed by atoms with Gasteiger partial charge < -0.3 is 5.32 Å². The maximum Gasteiger partial charge on any atom is 0.138 e. The maximum atomic E-state index is 4.46. The number of aromatic nitrogens is 2. The molecule has 0 amide bonds. The van der Waals surface area contributed by atoms with Crippen molar-refractivity contribution >= 4 is 27.4 Å². The van der Waals surface area contributed by atoms with E-state index in [2.05, 4.69) is 36.1 Å². The van der Waals surface area contributed by atoms with Gasteiger partial charge in [-0.05, 0) is 37.7 Å². The molecule has 0 aromatic carbocycles. The molecule has 1 fully saturated rings. The van der Waals surface area contributed by atoms with Crippen LogP contribution < -0.4 is 5.32 Å². The van der Waals surface area contributed by atoms with Crippen molar-refractivity contribution < 1.29 is 0 Å². The molecular weight excluding hydrogens is 278 g/mol. The van der Waals surface area contributed by atoms with E-state index in [0.717, 1.165) is 29.0 Å². The molecule has 2 aromatic heterocycles. The molecule has 1 saturated carbocycles. The first kappa shape index (κ1) is 14.8. The molecule has 0 aliphatic heterocycles. The molecule has 0 atom stereocenters. The number of nitrogens with one attached hydrogen (secondary N) is 1. The number of nitrogens with zero attached hydrogens (tertiary/aromatic N) is 2. The standard InChI is InChI=1S/C17H25N3S/c1-11-4-6-14(7-5-11)8-9-18-16-15-12(2)13(3)21-17(15)20-10-19-16/h10-11,14H,4-9H2,1-3H3,(H,18,19,20). The summed E-state index contributed by atoms with van der Waals surface area (Å²) in [5, 5.41) is 4.78. The molecular formula is C17H25N3S. The van der Waals surface area contributed by atoms with Crippen molar-refractivity contribution in [1.82, 2.24) is 9.97 Å². The summed E-state index contributed by atoms with van der Waals surface area (Å²) in [6.07, 6.45) is 8.57. The van der Waals surface area contributed by atoms with Crippen molar-refractivity contribution in [3.8, 4) is 0 Å². The zero-order valence-corrected chi connectivity index (χ0v) is 14.1. The molecule has 0 saturated heterocycles. The number of hydrogen-bond acceptors (Lipinski definition) is 4. The molecule has 1 aliphatic rings. The van der Waals surface area contributed by atoms with E-state index < -0.39 is 0 Å². The van der Waals surface area contributed by atoms with Crippen LogP contribution in [0, 0.1) is 25.7 Å². The van der Waals surface area contributed by atoms with Gasteiger partial charge in [0.1, 0.15) is 17.0 Å². The minimum atomic E-state index is 0.899. The lowest BCUT2D eigenvalue weighted by atomic mass is 9.81. The van der Waals surface area contributed by atoms with Gasteiger partial charge in [-0.15, -0.1) is 11.3 Å². The minimum Gasteiger partial charge on any atom is -0.369 e. The van der Waals surface area contributed by atoms with Crippen LogP contribution in [0.15, 0.2) is 6.33 Å². The van der Waals surface area contributed by atoms with E-state index in [1.54, 1.807) is 17.7 Å². The summed E-state index contributed by atoms with van der Waals surface area (Å²) in [4.78, 5) is 11.3. The van der Waals surface area contributed by atoms with E-state index in [1.807, 2.05) is 0 Å². The van der Waals surface area contributed by atoms with E-state index in [4.69, 9.17) is 0 Å². The second-order valence-electron chi connectivity index (χ2n) is 6.53. The van der Waals surface area contributed by atoms with Crippen LogP contribution in [0.2, 0.25) is 0 Å². The Balaban J connectivity index is 1.63.